The Labute approximate surface area is 134 Å². The quantitative estimate of drug-likeness (QED) is 0.847. The molecule has 7 heteroatoms. The summed E-state index contributed by atoms with van der Waals surface area (Å²) in [5.41, 5.74) is 7.47. The number of nitrogens with two attached hydrogens (primary N) is 1. The maximum Gasteiger partial charge on any atom is 0.159 e. The molecule has 0 radical (unpaired) electrons. The van der Waals surface area contributed by atoms with Crippen molar-refractivity contribution in [3.05, 3.63) is 29.8 Å². The molecule has 2 aromatic heterocycles. The summed E-state index contributed by atoms with van der Waals surface area (Å²) in [4.78, 5) is 14.8. The molecule has 0 aromatic carbocycles. The Balaban J connectivity index is 1.84. The molecule has 116 valence electrons. The average Bonchev–Trinajstić information content (AvgIpc) is 2.52. The van der Waals surface area contributed by atoms with Gasteiger partial charge in [0.05, 0.1) is 5.69 Å². The topological polar surface area (TPSA) is 80.0 Å². The minimum Gasteiger partial charge on any atom is -0.393 e. The van der Waals surface area contributed by atoms with E-state index in [1.54, 1.807) is 12.3 Å². The molecule has 3 N–H and O–H groups in total. The van der Waals surface area contributed by atoms with Crippen molar-refractivity contribution in [3.8, 4) is 0 Å². The van der Waals surface area contributed by atoms with Crippen molar-refractivity contribution in [2.75, 3.05) is 29.0 Å². The molecule has 3 rings (SSSR count). The Bertz CT molecular complexity index is 654. The van der Waals surface area contributed by atoms with Gasteiger partial charge in [-0.2, -0.15) is 0 Å². The summed E-state index contributed by atoms with van der Waals surface area (Å²) in [6, 6.07) is 3.64. The third-order valence-electron chi connectivity index (χ3n) is 3.96. The number of hydrogen-bond donors (Lipinski definition) is 2. The fourth-order valence-corrected chi connectivity index (χ4v) is 2.73. The first-order chi connectivity index (χ1) is 10.6. The number of piperidine rings is 1. The van der Waals surface area contributed by atoms with Gasteiger partial charge in [-0.25, -0.2) is 15.0 Å². The molecule has 0 bridgehead atoms. The number of hydrogen-bond acceptors (Lipinski definition) is 6. The smallest absolute Gasteiger partial charge is 0.159 e. The van der Waals surface area contributed by atoms with Gasteiger partial charge in [-0.05, 0) is 30.9 Å². The van der Waals surface area contributed by atoms with E-state index in [4.69, 9.17) is 17.3 Å². The summed E-state index contributed by atoms with van der Waals surface area (Å²) < 4.78 is 0. The Morgan fingerprint density at radius 1 is 1.27 bits per heavy atom. The molecule has 1 aliphatic heterocycles. The lowest BCUT2D eigenvalue weighted by atomic mass is 9.99. The summed E-state index contributed by atoms with van der Waals surface area (Å²) >= 11 is 6.06. The summed E-state index contributed by atoms with van der Waals surface area (Å²) in [6.07, 6.45) is 5.47. The molecule has 1 saturated heterocycles. The number of nitrogens with one attached hydrogen (secondary N) is 1. The van der Waals surface area contributed by atoms with E-state index in [-0.39, 0.29) is 0 Å². The predicted molar refractivity (Wildman–Crippen MR) is 89.6 cm³/mol. The van der Waals surface area contributed by atoms with Gasteiger partial charge in [-0.15, -0.1) is 0 Å². The Kier molecular flexibility index (Phi) is 4.29. The number of halogens is 1. The predicted octanol–water partition coefficient (Wildman–Crippen LogP) is 3.09. The Morgan fingerprint density at radius 2 is 2.05 bits per heavy atom. The molecule has 1 fully saturated rings. The summed E-state index contributed by atoms with van der Waals surface area (Å²) in [5.74, 6) is 2.09. The molecule has 0 unspecified atom stereocenters. The Morgan fingerprint density at radius 3 is 2.77 bits per heavy atom. The third-order valence-corrected chi connectivity index (χ3v) is 4.26. The third kappa shape index (κ3) is 3.06. The van der Waals surface area contributed by atoms with Crippen molar-refractivity contribution < 1.29 is 0 Å². The van der Waals surface area contributed by atoms with Crippen LogP contribution in [0.3, 0.4) is 0 Å². The van der Waals surface area contributed by atoms with Crippen LogP contribution >= 0.6 is 11.6 Å². The highest BCUT2D eigenvalue weighted by Gasteiger charge is 2.20. The largest absolute Gasteiger partial charge is 0.393 e. The van der Waals surface area contributed by atoms with E-state index in [0.29, 0.717) is 22.3 Å². The lowest BCUT2D eigenvalue weighted by Crippen LogP contribution is -2.34. The molecule has 0 aliphatic carbocycles. The molecule has 2 aromatic rings. The first kappa shape index (κ1) is 14.8. The van der Waals surface area contributed by atoms with Crippen molar-refractivity contribution in [1.82, 2.24) is 15.0 Å². The van der Waals surface area contributed by atoms with Gasteiger partial charge in [0.1, 0.15) is 12.0 Å². The zero-order valence-electron chi connectivity index (χ0n) is 12.5. The van der Waals surface area contributed by atoms with Gasteiger partial charge in [0, 0.05) is 19.3 Å². The molecule has 0 saturated carbocycles. The van der Waals surface area contributed by atoms with Gasteiger partial charge >= 0.3 is 0 Å². The van der Waals surface area contributed by atoms with E-state index in [1.165, 1.54) is 6.33 Å². The molecular weight excluding hydrogens is 300 g/mol. The van der Waals surface area contributed by atoms with Crippen LogP contribution in [0.1, 0.15) is 19.8 Å². The standard InChI is InChI=1S/C15H19ClN6/c1-10-4-7-22(8-5-10)15-12(17)14(19-9-20-15)21-11-3-2-6-18-13(11)16/h2-3,6,9-10H,4-5,7-8,17H2,1H3,(H,19,20,21). The van der Waals surface area contributed by atoms with Gasteiger partial charge in [-0.1, -0.05) is 18.5 Å². The molecule has 0 atom stereocenters. The van der Waals surface area contributed by atoms with Gasteiger partial charge in [0.25, 0.3) is 0 Å². The van der Waals surface area contributed by atoms with Crippen LogP contribution in [0.15, 0.2) is 24.7 Å². The SMILES string of the molecule is CC1CCN(c2ncnc(Nc3cccnc3Cl)c2N)CC1. The summed E-state index contributed by atoms with van der Waals surface area (Å²) in [6.45, 7) is 4.21. The number of anilines is 4. The first-order valence-corrected chi connectivity index (χ1v) is 7.76. The van der Waals surface area contributed by atoms with Crippen molar-refractivity contribution >= 4 is 34.6 Å². The lowest BCUT2D eigenvalue weighted by molar-refractivity contribution is 0.437. The molecule has 22 heavy (non-hydrogen) atoms. The zero-order valence-corrected chi connectivity index (χ0v) is 13.2. The number of nitrogens with zero attached hydrogens (tertiary/aromatic N) is 4. The lowest BCUT2D eigenvalue weighted by Gasteiger charge is -2.32. The molecule has 0 spiro atoms. The molecular formula is C15H19ClN6. The molecule has 3 heterocycles. The molecule has 1 aliphatic rings. The van der Waals surface area contributed by atoms with Crippen LogP contribution in [0, 0.1) is 5.92 Å². The van der Waals surface area contributed by atoms with Gasteiger partial charge in [0.15, 0.2) is 16.8 Å². The van der Waals surface area contributed by atoms with E-state index in [2.05, 4.69) is 32.1 Å². The van der Waals surface area contributed by atoms with Crippen molar-refractivity contribution in [1.29, 1.82) is 0 Å². The fourth-order valence-electron chi connectivity index (χ4n) is 2.57. The maximum atomic E-state index is 6.25. The van der Waals surface area contributed by atoms with Crippen molar-refractivity contribution in [2.45, 2.75) is 19.8 Å². The second-order valence-corrected chi connectivity index (χ2v) is 5.95. The first-order valence-electron chi connectivity index (χ1n) is 7.38. The second kappa shape index (κ2) is 6.36. The molecule has 6 nitrogen and oxygen atoms in total. The normalized spacial score (nSPS) is 15.8. The van der Waals surface area contributed by atoms with Crippen molar-refractivity contribution in [3.63, 3.8) is 0 Å². The van der Waals surface area contributed by atoms with Crippen LogP contribution in [-0.2, 0) is 0 Å². The van der Waals surface area contributed by atoms with Crippen LogP contribution in [0.5, 0.6) is 0 Å². The van der Waals surface area contributed by atoms with E-state index in [9.17, 15) is 0 Å². The van der Waals surface area contributed by atoms with Gasteiger partial charge in [0.2, 0.25) is 0 Å². The Hall–Kier alpha value is -2.08. The van der Waals surface area contributed by atoms with Gasteiger partial charge in [-0.3, -0.25) is 0 Å². The number of rotatable bonds is 3. The average molecular weight is 319 g/mol. The highest BCUT2D eigenvalue weighted by molar-refractivity contribution is 6.32. The summed E-state index contributed by atoms with van der Waals surface area (Å²) in [7, 11) is 0. The number of pyridine rings is 1. The minimum absolute atomic E-state index is 0.383. The molecule has 0 amide bonds. The minimum atomic E-state index is 0.383. The highest BCUT2D eigenvalue weighted by atomic mass is 35.5. The van der Waals surface area contributed by atoms with E-state index >= 15 is 0 Å². The maximum absolute atomic E-state index is 6.25. The summed E-state index contributed by atoms with van der Waals surface area (Å²) in [5, 5.41) is 3.51. The van der Waals surface area contributed by atoms with Crippen LogP contribution in [-0.4, -0.2) is 28.0 Å². The van der Waals surface area contributed by atoms with Gasteiger partial charge < -0.3 is 16.0 Å². The van der Waals surface area contributed by atoms with Crippen LogP contribution in [0.2, 0.25) is 5.15 Å². The monoisotopic (exact) mass is 318 g/mol. The number of aromatic nitrogens is 3. The fraction of sp³-hybridized carbons (Fsp3) is 0.400. The van der Waals surface area contributed by atoms with Crippen LogP contribution in [0.25, 0.3) is 0 Å². The van der Waals surface area contributed by atoms with Crippen molar-refractivity contribution in [2.24, 2.45) is 5.92 Å². The number of nitrogen functional groups attached to an aromatic ring is 1. The van der Waals surface area contributed by atoms with E-state index in [1.807, 2.05) is 6.07 Å². The van der Waals surface area contributed by atoms with Crippen LogP contribution in [0.4, 0.5) is 23.0 Å². The van der Waals surface area contributed by atoms with Crippen LogP contribution < -0.4 is 16.0 Å². The highest BCUT2D eigenvalue weighted by Crippen LogP contribution is 2.32. The second-order valence-electron chi connectivity index (χ2n) is 5.60. The van der Waals surface area contributed by atoms with E-state index < -0.39 is 0 Å². The van der Waals surface area contributed by atoms with E-state index in [0.717, 1.165) is 37.7 Å². The zero-order chi connectivity index (χ0) is 15.5.